The monoisotopic (exact) mass is 208 g/mol. The van der Waals surface area contributed by atoms with Crippen LogP contribution in [0.3, 0.4) is 0 Å². The van der Waals surface area contributed by atoms with E-state index in [0.29, 0.717) is 6.61 Å². The predicted octanol–water partition coefficient (Wildman–Crippen LogP) is 1.86. The number of carbonyl (C=O) groups excluding carboxylic acids is 1. The maximum Gasteiger partial charge on any atom is 0.178 e. The van der Waals surface area contributed by atoms with E-state index in [1.54, 1.807) is 19.3 Å². The average molecular weight is 208 g/mol. The van der Waals surface area contributed by atoms with Crippen LogP contribution in [-0.2, 0) is 14.3 Å². The molecule has 0 saturated carbocycles. The Morgan fingerprint density at radius 2 is 2.13 bits per heavy atom. The van der Waals surface area contributed by atoms with E-state index >= 15 is 0 Å². The molecule has 0 aromatic rings. The number of carbonyl (C=O) groups is 1. The van der Waals surface area contributed by atoms with Crippen LogP contribution in [0, 0.1) is 5.41 Å². The highest BCUT2D eigenvalue weighted by Gasteiger charge is 2.25. The summed E-state index contributed by atoms with van der Waals surface area (Å²) in [6.07, 6.45) is 9.44. The number of hydrogen-bond acceptors (Lipinski definition) is 3. The van der Waals surface area contributed by atoms with Gasteiger partial charge >= 0.3 is 0 Å². The number of allylic oxidation sites excluding steroid dienone is 3. The molecular weight excluding hydrogens is 192 g/mol. The van der Waals surface area contributed by atoms with Crippen molar-refractivity contribution in [3.63, 3.8) is 0 Å². The van der Waals surface area contributed by atoms with E-state index in [2.05, 4.69) is 6.58 Å². The van der Waals surface area contributed by atoms with Crippen molar-refractivity contribution in [3.8, 4) is 0 Å². The first-order valence-corrected chi connectivity index (χ1v) is 4.82. The van der Waals surface area contributed by atoms with Crippen molar-refractivity contribution in [2.24, 2.45) is 5.41 Å². The molecule has 0 amide bonds. The summed E-state index contributed by atoms with van der Waals surface area (Å²) < 4.78 is 10.1. The normalized spacial score (nSPS) is 18.1. The van der Waals surface area contributed by atoms with Gasteiger partial charge in [-0.15, -0.1) is 6.58 Å². The second kappa shape index (κ2) is 5.63. The molecule has 3 nitrogen and oxygen atoms in total. The molecule has 0 aliphatic heterocycles. The lowest BCUT2D eigenvalue weighted by molar-refractivity contribution is -0.110. The number of methoxy groups -OCH3 is 1. The molecule has 0 bridgehead atoms. The van der Waals surface area contributed by atoms with Crippen molar-refractivity contribution in [3.05, 3.63) is 37.0 Å². The van der Waals surface area contributed by atoms with Gasteiger partial charge in [-0.2, -0.15) is 0 Å². The summed E-state index contributed by atoms with van der Waals surface area (Å²) in [4.78, 5) is 11.0. The molecular formula is C12H16O3. The summed E-state index contributed by atoms with van der Waals surface area (Å²) in [6.45, 7) is 4.46. The van der Waals surface area contributed by atoms with Gasteiger partial charge in [-0.05, 0) is 18.6 Å². The predicted molar refractivity (Wildman–Crippen MR) is 58.4 cm³/mol. The summed E-state index contributed by atoms with van der Waals surface area (Å²) in [7, 11) is 1.58. The van der Waals surface area contributed by atoms with Crippen LogP contribution in [0.15, 0.2) is 37.0 Å². The number of ketones is 1. The van der Waals surface area contributed by atoms with Gasteiger partial charge in [0.05, 0.1) is 6.61 Å². The lowest BCUT2D eigenvalue weighted by atomic mass is 9.81. The van der Waals surface area contributed by atoms with E-state index in [4.69, 9.17) is 9.47 Å². The van der Waals surface area contributed by atoms with E-state index in [9.17, 15) is 4.79 Å². The van der Waals surface area contributed by atoms with Crippen LogP contribution in [0.1, 0.15) is 6.42 Å². The molecule has 0 fully saturated rings. The Hall–Kier alpha value is -1.19. The van der Waals surface area contributed by atoms with Crippen LogP contribution in [0.5, 0.6) is 0 Å². The smallest absolute Gasteiger partial charge is 0.178 e. The third-order valence-electron chi connectivity index (χ3n) is 2.26. The van der Waals surface area contributed by atoms with E-state index < -0.39 is 0 Å². The Bertz CT molecular complexity index is 273. The van der Waals surface area contributed by atoms with Crippen molar-refractivity contribution < 1.29 is 14.3 Å². The first kappa shape index (κ1) is 11.9. The van der Waals surface area contributed by atoms with E-state index in [1.165, 1.54) is 0 Å². The van der Waals surface area contributed by atoms with Gasteiger partial charge in [-0.25, -0.2) is 0 Å². The van der Waals surface area contributed by atoms with Gasteiger partial charge in [0.1, 0.15) is 6.79 Å². The second-order valence-electron chi connectivity index (χ2n) is 3.55. The zero-order chi connectivity index (χ0) is 11.1. The van der Waals surface area contributed by atoms with Crippen molar-refractivity contribution in [2.75, 3.05) is 20.5 Å². The van der Waals surface area contributed by atoms with Crippen LogP contribution in [0.25, 0.3) is 0 Å². The topological polar surface area (TPSA) is 35.5 Å². The molecule has 0 unspecified atom stereocenters. The summed E-state index contributed by atoms with van der Waals surface area (Å²) in [6, 6.07) is 0. The van der Waals surface area contributed by atoms with Crippen molar-refractivity contribution in [2.45, 2.75) is 6.42 Å². The van der Waals surface area contributed by atoms with Gasteiger partial charge in [-0.1, -0.05) is 18.2 Å². The minimum absolute atomic E-state index is 0.0152. The Balaban J connectivity index is 2.63. The Kier molecular flexibility index (Phi) is 4.46. The Morgan fingerprint density at radius 3 is 2.67 bits per heavy atom. The van der Waals surface area contributed by atoms with E-state index in [-0.39, 0.29) is 18.0 Å². The standard InChI is InChI=1S/C12H16O3/c1-3-6-12(9-15-10-14-2)7-4-11(13)5-8-12/h3-5,7-8H,1,6,9-10H2,2H3. The highest BCUT2D eigenvalue weighted by atomic mass is 16.7. The fourth-order valence-electron chi connectivity index (χ4n) is 1.48. The zero-order valence-electron chi connectivity index (χ0n) is 8.94. The molecule has 1 aliphatic rings. The molecule has 0 aromatic heterocycles. The number of rotatable bonds is 6. The second-order valence-corrected chi connectivity index (χ2v) is 3.55. The minimum Gasteiger partial charge on any atom is -0.359 e. The van der Waals surface area contributed by atoms with Crippen molar-refractivity contribution in [1.29, 1.82) is 0 Å². The zero-order valence-corrected chi connectivity index (χ0v) is 8.94. The lowest BCUT2D eigenvalue weighted by Gasteiger charge is -2.27. The number of hydrogen-bond donors (Lipinski definition) is 0. The molecule has 0 heterocycles. The molecule has 1 rings (SSSR count). The Morgan fingerprint density at radius 1 is 1.47 bits per heavy atom. The van der Waals surface area contributed by atoms with Crippen LogP contribution < -0.4 is 0 Å². The fraction of sp³-hybridized carbons (Fsp3) is 0.417. The van der Waals surface area contributed by atoms with Gasteiger partial charge in [0.15, 0.2) is 5.78 Å². The summed E-state index contributed by atoms with van der Waals surface area (Å²) in [5.74, 6) is 0.0152. The summed E-state index contributed by atoms with van der Waals surface area (Å²) in [5.41, 5.74) is -0.242. The molecule has 0 radical (unpaired) electrons. The van der Waals surface area contributed by atoms with Crippen LogP contribution >= 0.6 is 0 Å². The van der Waals surface area contributed by atoms with E-state index in [1.807, 2.05) is 18.2 Å². The molecule has 1 aliphatic carbocycles. The van der Waals surface area contributed by atoms with Gasteiger partial charge in [0.25, 0.3) is 0 Å². The van der Waals surface area contributed by atoms with E-state index in [0.717, 1.165) is 6.42 Å². The van der Waals surface area contributed by atoms with Crippen LogP contribution in [0.4, 0.5) is 0 Å². The average Bonchev–Trinajstić information content (AvgIpc) is 2.23. The van der Waals surface area contributed by atoms with Crippen LogP contribution in [-0.4, -0.2) is 26.3 Å². The molecule has 0 aromatic carbocycles. The molecule has 82 valence electrons. The quantitative estimate of drug-likeness (QED) is 0.380. The fourth-order valence-corrected chi connectivity index (χ4v) is 1.48. The van der Waals surface area contributed by atoms with Gasteiger partial charge in [0.2, 0.25) is 0 Å². The highest BCUT2D eigenvalue weighted by molar-refractivity contribution is 6.00. The maximum absolute atomic E-state index is 11.0. The third-order valence-corrected chi connectivity index (χ3v) is 2.26. The molecule has 0 N–H and O–H groups in total. The molecule has 0 saturated heterocycles. The van der Waals surface area contributed by atoms with Crippen LogP contribution in [0.2, 0.25) is 0 Å². The van der Waals surface area contributed by atoms with Crippen molar-refractivity contribution >= 4 is 5.78 Å². The first-order valence-electron chi connectivity index (χ1n) is 4.82. The van der Waals surface area contributed by atoms with Crippen molar-refractivity contribution in [1.82, 2.24) is 0 Å². The SMILES string of the molecule is C=CCC1(COCOC)C=CC(=O)C=C1. The van der Waals surface area contributed by atoms with Gasteiger partial charge < -0.3 is 9.47 Å². The largest absolute Gasteiger partial charge is 0.359 e. The molecule has 3 heteroatoms. The first-order chi connectivity index (χ1) is 7.22. The number of ether oxygens (including phenoxy) is 2. The summed E-state index contributed by atoms with van der Waals surface area (Å²) in [5, 5.41) is 0. The summed E-state index contributed by atoms with van der Waals surface area (Å²) >= 11 is 0. The Labute approximate surface area is 90.1 Å². The minimum atomic E-state index is -0.242. The molecule has 0 atom stereocenters. The molecule has 15 heavy (non-hydrogen) atoms. The van der Waals surface area contributed by atoms with Gasteiger partial charge in [-0.3, -0.25) is 4.79 Å². The van der Waals surface area contributed by atoms with Gasteiger partial charge in [0, 0.05) is 12.5 Å². The lowest BCUT2D eigenvalue weighted by Crippen LogP contribution is -2.24. The highest BCUT2D eigenvalue weighted by Crippen LogP contribution is 2.29. The maximum atomic E-state index is 11.0. The molecule has 0 spiro atoms. The third kappa shape index (κ3) is 3.46.